The zero-order valence-corrected chi connectivity index (χ0v) is 9.62. The van der Waals surface area contributed by atoms with Gasteiger partial charge in [-0.3, -0.25) is 0 Å². The van der Waals surface area contributed by atoms with Crippen LogP contribution in [-0.2, 0) is 9.63 Å². The van der Waals surface area contributed by atoms with E-state index in [1.165, 1.54) is 24.5 Å². The van der Waals surface area contributed by atoms with Gasteiger partial charge in [0.25, 0.3) is 0 Å². The second-order valence-corrected chi connectivity index (χ2v) is 4.10. The average molecular weight is 253 g/mol. The van der Waals surface area contributed by atoms with E-state index in [9.17, 15) is 9.18 Å². The van der Waals surface area contributed by atoms with Gasteiger partial charge in [-0.25, -0.2) is 9.18 Å². The van der Waals surface area contributed by atoms with Crippen LogP contribution in [0.4, 0.5) is 4.39 Å². The number of thiophene rings is 1. The largest absolute Gasteiger partial charge is 0.476 e. The molecule has 0 saturated heterocycles. The molecule has 0 amide bonds. The lowest BCUT2D eigenvalue weighted by Gasteiger charge is -2.00. The number of aliphatic carboxylic acids is 1. The van der Waals surface area contributed by atoms with Gasteiger partial charge in [0.15, 0.2) is 5.71 Å². The summed E-state index contributed by atoms with van der Waals surface area (Å²) in [7, 11) is 1.24. The molecule has 4 nitrogen and oxygen atoms in total. The standard InChI is InChI=1S/C11H8FNO3S/c1-16-13-10(11(14)15)6-5-17-8-4-2-3-7(12)9(6)8/h2-5H,1H3,(H,14,15)/b13-10+. The quantitative estimate of drug-likeness (QED) is 0.675. The van der Waals surface area contributed by atoms with Gasteiger partial charge in [-0.1, -0.05) is 11.2 Å². The van der Waals surface area contributed by atoms with Gasteiger partial charge in [-0.2, -0.15) is 0 Å². The Bertz CT molecular complexity index is 606. The van der Waals surface area contributed by atoms with E-state index < -0.39 is 11.8 Å². The van der Waals surface area contributed by atoms with Gasteiger partial charge in [0, 0.05) is 21.0 Å². The lowest BCUT2D eigenvalue weighted by molar-refractivity contribution is -0.129. The van der Waals surface area contributed by atoms with Crippen molar-refractivity contribution in [2.24, 2.45) is 5.16 Å². The predicted molar refractivity (Wildman–Crippen MR) is 63.0 cm³/mol. The van der Waals surface area contributed by atoms with Crippen LogP contribution in [-0.4, -0.2) is 23.9 Å². The molecule has 0 saturated carbocycles. The summed E-state index contributed by atoms with van der Waals surface area (Å²) >= 11 is 1.26. The molecule has 0 atom stereocenters. The molecular formula is C11H8FNO3S. The molecule has 2 aromatic rings. The summed E-state index contributed by atoms with van der Waals surface area (Å²) in [6, 6.07) is 4.58. The molecule has 0 bridgehead atoms. The SMILES string of the molecule is CO/N=C(/C(=O)O)c1csc2cccc(F)c12. The highest BCUT2D eigenvalue weighted by atomic mass is 32.1. The third-order valence-corrected chi connectivity index (χ3v) is 3.14. The van der Waals surface area contributed by atoms with Crippen molar-refractivity contribution in [2.45, 2.75) is 0 Å². The zero-order valence-electron chi connectivity index (χ0n) is 8.81. The molecule has 1 N–H and O–H groups in total. The maximum absolute atomic E-state index is 13.7. The van der Waals surface area contributed by atoms with Crippen molar-refractivity contribution in [1.82, 2.24) is 0 Å². The fourth-order valence-corrected chi connectivity index (χ4v) is 2.47. The average Bonchev–Trinajstić information content (AvgIpc) is 2.70. The number of carbonyl (C=O) groups is 1. The summed E-state index contributed by atoms with van der Waals surface area (Å²) in [5.74, 6) is -1.72. The Balaban J connectivity index is 2.70. The van der Waals surface area contributed by atoms with Gasteiger partial charge in [0.1, 0.15) is 12.9 Å². The number of rotatable bonds is 3. The van der Waals surface area contributed by atoms with E-state index >= 15 is 0 Å². The molecule has 0 aliphatic rings. The first-order chi connectivity index (χ1) is 8.15. The van der Waals surface area contributed by atoms with E-state index in [4.69, 9.17) is 5.11 Å². The minimum Gasteiger partial charge on any atom is -0.476 e. The maximum atomic E-state index is 13.7. The molecule has 1 aromatic carbocycles. The van der Waals surface area contributed by atoms with E-state index in [1.807, 2.05) is 0 Å². The second-order valence-electron chi connectivity index (χ2n) is 3.19. The minimum atomic E-state index is -1.25. The molecule has 1 aromatic heterocycles. The molecule has 1 heterocycles. The van der Waals surface area contributed by atoms with Gasteiger partial charge in [0.2, 0.25) is 0 Å². The van der Waals surface area contributed by atoms with Gasteiger partial charge < -0.3 is 9.94 Å². The lowest BCUT2D eigenvalue weighted by Crippen LogP contribution is -2.14. The van der Waals surface area contributed by atoms with Crippen LogP contribution < -0.4 is 0 Å². The summed E-state index contributed by atoms with van der Waals surface area (Å²) in [6.45, 7) is 0. The number of halogens is 1. The van der Waals surface area contributed by atoms with Crippen LogP contribution in [0.2, 0.25) is 0 Å². The Hall–Kier alpha value is -1.95. The number of hydrogen-bond acceptors (Lipinski definition) is 4. The minimum absolute atomic E-state index is 0.234. The number of fused-ring (bicyclic) bond motifs is 1. The third kappa shape index (κ3) is 1.99. The molecular weight excluding hydrogens is 245 g/mol. The zero-order chi connectivity index (χ0) is 12.4. The van der Waals surface area contributed by atoms with Gasteiger partial charge in [-0.05, 0) is 12.1 Å². The Morgan fingerprint density at radius 1 is 1.53 bits per heavy atom. The first kappa shape index (κ1) is 11.5. The van der Waals surface area contributed by atoms with E-state index in [-0.39, 0.29) is 16.7 Å². The molecule has 0 spiro atoms. The summed E-state index contributed by atoms with van der Waals surface area (Å²) in [6.07, 6.45) is 0. The molecule has 0 radical (unpaired) electrons. The van der Waals surface area contributed by atoms with Crippen molar-refractivity contribution >= 4 is 33.1 Å². The Morgan fingerprint density at radius 2 is 2.29 bits per heavy atom. The van der Waals surface area contributed by atoms with Crippen molar-refractivity contribution in [3.05, 3.63) is 35.0 Å². The van der Waals surface area contributed by atoms with Crippen LogP contribution in [0.3, 0.4) is 0 Å². The molecule has 0 fully saturated rings. The Kier molecular flexibility index (Phi) is 3.06. The summed E-state index contributed by atoms with van der Waals surface area (Å²) < 4.78 is 14.3. The normalized spacial score (nSPS) is 11.8. The van der Waals surface area contributed by atoms with Crippen molar-refractivity contribution < 1.29 is 19.1 Å². The van der Waals surface area contributed by atoms with Crippen LogP contribution in [0.5, 0.6) is 0 Å². The van der Waals surface area contributed by atoms with Crippen LogP contribution >= 0.6 is 11.3 Å². The maximum Gasteiger partial charge on any atom is 0.358 e. The smallest absolute Gasteiger partial charge is 0.358 e. The second kappa shape index (κ2) is 4.50. The molecule has 17 heavy (non-hydrogen) atoms. The molecule has 2 rings (SSSR count). The van der Waals surface area contributed by atoms with Crippen molar-refractivity contribution in [1.29, 1.82) is 0 Å². The molecule has 0 aliphatic heterocycles. The number of carboxylic acid groups (broad SMARTS) is 1. The monoisotopic (exact) mass is 253 g/mol. The fourth-order valence-electron chi connectivity index (χ4n) is 1.51. The number of nitrogens with zero attached hydrogens (tertiary/aromatic N) is 1. The van der Waals surface area contributed by atoms with Crippen LogP contribution in [0.1, 0.15) is 5.56 Å². The van der Waals surface area contributed by atoms with E-state index in [0.717, 1.165) is 0 Å². The molecule has 88 valence electrons. The van der Waals surface area contributed by atoms with Gasteiger partial charge in [0.05, 0.1) is 0 Å². The van der Waals surface area contributed by atoms with Gasteiger partial charge >= 0.3 is 5.97 Å². The van der Waals surface area contributed by atoms with E-state index in [1.54, 1.807) is 17.5 Å². The number of carboxylic acids is 1. The lowest BCUT2D eigenvalue weighted by atomic mass is 10.1. The first-order valence-electron chi connectivity index (χ1n) is 4.65. The Labute approximate surface area is 99.9 Å². The van der Waals surface area contributed by atoms with Crippen molar-refractivity contribution in [3.8, 4) is 0 Å². The highest BCUT2D eigenvalue weighted by Gasteiger charge is 2.20. The first-order valence-corrected chi connectivity index (χ1v) is 5.53. The topological polar surface area (TPSA) is 58.9 Å². The number of hydrogen-bond donors (Lipinski definition) is 1. The fraction of sp³-hybridized carbons (Fsp3) is 0.0909. The van der Waals surface area contributed by atoms with Crippen molar-refractivity contribution in [2.75, 3.05) is 7.11 Å². The van der Waals surface area contributed by atoms with Gasteiger partial charge in [-0.15, -0.1) is 11.3 Å². The van der Waals surface area contributed by atoms with E-state index in [0.29, 0.717) is 4.70 Å². The van der Waals surface area contributed by atoms with Crippen LogP contribution in [0, 0.1) is 5.82 Å². The Morgan fingerprint density at radius 3 is 2.94 bits per heavy atom. The van der Waals surface area contributed by atoms with Crippen molar-refractivity contribution in [3.63, 3.8) is 0 Å². The number of benzene rings is 1. The molecule has 0 unspecified atom stereocenters. The summed E-state index contributed by atoms with van der Waals surface area (Å²) in [5.41, 5.74) is -0.0682. The van der Waals surface area contributed by atoms with E-state index in [2.05, 4.69) is 9.99 Å². The number of oxime groups is 1. The third-order valence-electron chi connectivity index (χ3n) is 2.19. The predicted octanol–water partition coefficient (Wildman–Crippen LogP) is 2.48. The molecule has 6 heteroatoms. The highest BCUT2D eigenvalue weighted by molar-refractivity contribution is 7.17. The summed E-state index contributed by atoms with van der Waals surface area (Å²) in [4.78, 5) is 15.5. The van der Waals surface area contributed by atoms with Crippen LogP contribution in [0.25, 0.3) is 10.1 Å². The summed E-state index contributed by atoms with van der Waals surface area (Å²) in [5, 5.41) is 14.2. The highest BCUT2D eigenvalue weighted by Crippen LogP contribution is 2.28. The van der Waals surface area contributed by atoms with Crippen LogP contribution in [0.15, 0.2) is 28.7 Å². The molecule has 0 aliphatic carbocycles.